The Labute approximate surface area is 135 Å². The van der Waals surface area contributed by atoms with E-state index in [2.05, 4.69) is 29.4 Å². The third-order valence-corrected chi connectivity index (χ3v) is 3.00. The Morgan fingerprint density at radius 3 is 2.64 bits per heavy atom. The highest BCUT2D eigenvalue weighted by Crippen LogP contribution is 2.12. The number of aromatic nitrogens is 4. The van der Waals surface area contributed by atoms with Crippen molar-refractivity contribution in [1.29, 1.82) is 0 Å². The number of rotatable bonds is 7. The van der Waals surface area contributed by atoms with Crippen LogP contribution in [0.3, 0.4) is 0 Å². The van der Waals surface area contributed by atoms with Crippen molar-refractivity contribution >= 4 is 18.2 Å². The molecule has 22 heavy (non-hydrogen) atoms. The zero-order valence-electron chi connectivity index (χ0n) is 13.0. The second-order valence-electron chi connectivity index (χ2n) is 5.56. The lowest BCUT2D eigenvalue weighted by Gasteiger charge is -2.06. The third kappa shape index (κ3) is 5.29. The number of hydrogen-bond donors (Lipinski definition) is 1. The maximum Gasteiger partial charge on any atom is 0.257 e. The smallest absolute Gasteiger partial charge is 0.257 e. The summed E-state index contributed by atoms with van der Waals surface area (Å²) in [5.41, 5.74) is 1.95. The van der Waals surface area contributed by atoms with Crippen molar-refractivity contribution in [2.75, 3.05) is 5.32 Å². The largest absolute Gasteiger partial charge is 0.364 e. The molecule has 0 bridgehead atoms. The summed E-state index contributed by atoms with van der Waals surface area (Å²) >= 11 is 0. The molecule has 2 aromatic rings. The van der Waals surface area contributed by atoms with Crippen LogP contribution in [-0.4, -0.2) is 26.0 Å². The molecule has 1 N–H and O–H groups in total. The molecular weight excluding hydrogens is 312 g/mol. The second-order valence-corrected chi connectivity index (χ2v) is 5.56. The Kier molecular flexibility index (Phi) is 6.80. The molecule has 0 saturated heterocycles. The first-order chi connectivity index (χ1) is 9.94. The summed E-state index contributed by atoms with van der Waals surface area (Å²) in [6.07, 6.45) is 0.824. The van der Waals surface area contributed by atoms with E-state index >= 15 is 0 Å². The summed E-state index contributed by atoms with van der Waals surface area (Å²) in [6.45, 7) is 7.32. The molecule has 2 heterocycles. The normalized spacial score (nSPS) is 11.0. The molecule has 0 radical (unpaired) electrons. The number of aryl methyl sites for hydroxylation is 1. The first kappa shape index (κ1) is 18.4. The van der Waals surface area contributed by atoms with Gasteiger partial charge < -0.3 is 5.32 Å². The quantitative estimate of drug-likeness (QED) is 0.845. The molecule has 8 heteroatoms. The van der Waals surface area contributed by atoms with Gasteiger partial charge in [-0.2, -0.15) is 10.2 Å². The first-order valence-electron chi connectivity index (χ1n) is 7.02. The van der Waals surface area contributed by atoms with Crippen LogP contribution in [0.4, 0.5) is 14.6 Å². The lowest BCUT2D eigenvalue weighted by Crippen LogP contribution is -2.08. The van der Waals surface area contributed by atoms with E-state index in [0.29, 0.717) is 12.5 Å². The zero-order valence-corrected chi connectivity index (χ0v) is 13.8. The highest BCUT2D eigenvalue weighted by atomic mass is 35.5. The fourth-order valence-electron chi connectivity index (χ4n) is 2.06. The van der Waals surface area contributed by atoms with Crippen molar-refractivity contribution in [2.24, 2.45) is 5.92 Å². The highest BCUT2D eigenvalue weighted by Gasteiger charge is 2.08. The van der Waals surface area contributed by atoms with Gasteiger partial charge in [0, 0.05) is 36.6 Å². The Morgan fingerprint density at radius 2 is 2.00 bits per heavy atom. The zero-order chi connectivity index (χ0) is 15.4. The van der Waals surface area contributed by atoms with Crippen molar-refractivity contribution in [1.82, 2.24) is 19.6 Å². The van der Waals surface area contributed by atoms with Crippen LogP contribution in [0.5, 0.6) is 0 Å². The molecule has 124 valence electrons. The van der Waals surface area contributed by atoms with E-state index < -0.39 is 6.43 Å². The number of anilines is 1. The first-order valence-corrected chi connectivity index (χ1v) is 7.02. The van der Waals surface area contributed by atoms with E-state index in [1.807, 2.05) is 17.7 Å². The lowest BCUT2D eigenvalue weighted by atomic mass is 10.2. The van der Waals surface area contributed by atoms with Gasteiger partial charge in [-0.3, -0.25) is 9.36 Å². The number of hydrogen-bond acceptors (Lipinski definition) is 3. The summed E-state index contributed by atoms with van der Waals surface area (Å²) in [7, 11) is 0. The summed E-state index contributed by atoms with van der Waals surface area (Å²) < 4.78 is 27.7. The molecule has 0 spiro atoms. The fourth-order valence-corrected chi connectivity index (χ4v) is 2.06. The van der Waals surface area contributed by atoms with Gasteiger partial charge in [-0.25, -0.2) is 8.78 Å². The van der Waals surface area contributed by atoms with Gasteiger partial charge in [-0.15, -0.1) is 12.4 Å². The summed E-state index contributed by atoms with van der Waals surface area (Å²) in [4.78, 5) is 0. The van der Waals surface area contributed by atoms with Gasteiger partial charge >= 0.3 is 0 Å². The molecule has 0 fully saturated rings. The minimum Gasteiger partial charge on any atom is -0.364 e. The van der Waals surface area contributed by atoms with Crippen molar-refractivity contribution in [3.05, 3.63) is 29.7 Å². The van der Waals surface area contributed by atoms with Gasteiger partial charge in [-0.05, 0) is 12.8 Å². The lowest BCUT2D eigenvalue weighted by molar-refractivity contribution is 0.122. The van der Waals surface area contributed by atoms with Crippen LogP contribution in [0.2, 0.25) is 0 Å². The molecular formula is C14H22ClF2N5. The van der Waals surface area contributed by atoms with Gasteiger partial charge in [0.15, 0.2) is 0 Å². The van der Waals surface area contributed by atoms with Crippen LogP contribution in [0, 0.1) is 12.8 Å². The van der Waals surface area contributed by atoms with Crippen LogP contribution in [-0.2, 0) is 19.6 Å². The molecule has 0 saturated carbocycles. The number of nitrogens with zero attached hydrogens (tertiary/aromatic N) is 4. The molecule has 5 nitrogen and oxygen atoms in total. The third-order valence-electron chi connectivity index (χ3n) is 3.00. The number of nitrogens with one attached hydrogen (secondary N) is 1. The van der Waals surface area contributed by atoms with Crippen LogP contribution in [0.25, 0.3) is 0 Å². The number of alkyl halides is 2. The van der Waals surface area contributed by atoms with Gasteiger partial charge in [0.1, 0.15) is 12.4 Å². The Morgan fingerprint density at radius 1 is 1.27 bits per heavy atom. The summed E-state index contributed by atoms with van der Waals surface area (Å²) in [6, 6.07) is 1.98. The van der Waals surface area contributed by atoms with E-state index in [1.54, 1.807) is 12.4 Å². The Hall–Kier alpha value is -1.63. The topological polar surface area (TPSA) is 47.7 Å². The predicted molar refractivity (Wildman–Crippen MR) is 84.6 cm³/mol. The van der Waals surface area contributed by atoms with E-state index in [9.17, 15) is 8.78 Å². The van der Waals surface area contributed by atoms with E-state index in [-0.39, 0.29) is 19.0 Å². The van der Waals surface area contributed by atoms with Crippen LogP contribution in [0.1, 0.15) is 25.1 Å². The second kappa shape index (κ2) is 8.12. The average Bonchev–Trinajstić information content (AvgIpc) is 2.93. The number of halogens is 3. The SMILES string of the molecule is Cc1cc(NCc2cnn(CC(F)F)c2)nn1CC(C)C.Cl. The van der Waals surface area contributed by atoms with Gasteiger partial charge in [0.2, 0.25) is 0 Å². The Bertz CT molecular complexity index is 580. The summed E-state index contributed by atoms with van der Waals surface area (Å²) in [5.74, 6) is 1.32. The van der Waals surface area contributed by atoms with E-state index in [0.717, 1.165) is 23.6 Å². The van der Waals surface area contributed by atoms with Gasteiger partial charge in [-0.1, -0.05) is 13.8 Å². The van der Waals surface area contributed by atoms with Crippen molar-refractivity contribution in [3.63, 3.8) is 0 Å². The van der Waals surface area contributed by atoms with Crippen molar-refractivity contribution < 1.29 is 8.78 Å². The molecule has 0 aliphatic heterocycles. The average molecular weight is 334 g/mol. The molecule has 2 aromatic heterocycles. The molecule has 0 aliphatic rings. The maximum atomic E-state index is 12.2. The monoisotopic (exact) mass is 333 g/mol. The molecule has 0 aliphatic carbocycles. The minimum atomic E-state index is -2.39. The minimum absolute atomic E-state index is 0. The molecule has 0 amide bonds. The molecule has 0 atom stereocenters. The van der Waals surface area contributed by atoms with E-state index in [4.69, 9.17) is 0 Å². The van der Waals surface area contributed by atoms with Crippen LogP contribution in [0.15, 0.2) is 18.5 Å². The van der Waals surface area contributed by atoms with Gasteiger partial charge in [0.05, 0.1) is 6.20 Å². The fraction of sp³-hybridized carbons (Fsp3) is 0.571. The molecule has 0 aromatic carbocycles. The van der Waals surface area contributed by atoms with Crippen LogP contribution >= 0.6 is 12.4 Å². The van der Waals surface area contributed by atoms with Gasteiger partial charge in [0.25, 0.3) is 6.43 Å². The highest BCUT2D eigenvalue weighted by molar-refractivity contribution is 5.85. The predicted octanol–water partition coefficient (Wildman–Crippen LogP) is 3.34. The van der Waals surface area contributed by atoms with Crippen molar-refractivity contribution in [3.8, 4) is 0 Å². The molecule has 0 unspecified atom stereocenters. The van der Waals surface area contributed by atoms with Crippen LogP contribution < -0.4 is 5.32 Å². The van der Waals surface area contributed by atoms with Crippen molar-refractivity contribution in [2.45, 2.75) is 46.8 Å². The Balaban J connectivity index is 0.00000242. The maximum absolute atomic E-state index is 12.2. The molecule has 2 rings (SSSR count). The standard InChI is InChI=1S/C14H21F2N5.ClH/c1-10(2)7-21-11(3)4-14(19-21)17-5-12-6-18-20(8-12)9-13(15)16;/h4,6,8,10,13H,5,7,9H2,1-3H3,(H,17,19);1H. The summed E-state index contributed by atoms with van der Waals surface area (Å²) in [5, 5.41) is 11.6. The van der Waals surface area contributed by atoms with E-state index in [1.165, 1.54) is 4.68 Å².